The van der Waals surface area contributed by atoms with E-state index in [0.717, 1.165) is 24.0 Å². The fraction of sp³-hybridized carbons (Fsp3) is 0.222. The van der Waals surface area contributed by atoms with Crippen LogP contribution in [0.2, 0.25) is 15.1 Å². The summed E-state index contributed by atoms with van der Waals surface area (Å²) in [4.78, 5) is 0. The molecule has 0 spiro atoms. The van der Waals surface area contributed by atoms with Gasteiger partial charge >= 0.3 is 0 Å². The lowest BCUT2D eigenvalue weighted by Gasteiger charge is -2.13. The second kappa shape index (κ2) is 6.61. The van der Waals surface area contributed by atoms with Gasteiger partial charge in [-0.1, -0.05) is 40.7 Å². The molecule has 1 aliphatic rings. The average molecular weight is 369 g/mol. The number of halogens is 4. The summed E-state index contributed by atoms with van der Waals surface area (Å²) in [5, 5.41) is 1.17. The first-order chi connectivity index (χ1) is 11.0. The molecule has 0 aliphatic heterocycles. The number of hydrogen-bond donors (Lipinski definition) is 0. The Morgan fingerprint density at radius 1 is 1.22 bits per heavy atom. The summed E-state index contributed by atoms with van der Waals surface area (Å²) >= 11 is 18.2. The van der Waals surface area contributed by atoms with E-state index in [1.807, 2.05) is 0 Å². The van der Waals surface area contributed by atoms with Gasteiger partial charge in [0.25, 0.3) is 0 Å². The van der Waals surface area contributed by atoms with E-state index in [4.69, 9.17) is 46.0 Å². The lowest BCUT2D eigenvalue weighted by Crippen LogP contribution is -2.02. The number of benzene rings is 2. The highest BCUT2D eigenvalue weighted by Gasteiger charge is 2.29. The average Bonchev–Trinajstić information content (AvgIpc) is 3.28. The second-order valence-corrected chi connectivity index (χ2v) is 6.55. The molecule has 0 heterocycles. The minimum absolute atomic E-state index is 0.0232. The van der Waals surface area contributed by atoms with E-state index in [-0.39, 0.29) is 22.9 Å². The van der Waals surface area contributed by atoms with Gasteiger partial charge in [0, 0.05) is 28.8 Å². The van der Waals surface area contributed by atoms with E-state index >= 15 is 0 Å². The topological polar surface area (TPSA) is 9.23 Å². The van der Waals surface area contributed by atoms with Crippen molar-refractivity contribution in [1.82, 2.24) is 0 Å². The highest BCUT2D eigenvalue weighted by molar-refractivity contribution is 6.35. The molecule has 1 nitrogen and oxygen atoms in total. The molecule has 1 radical (unpaired) electrons. The van der Waals surface area contributed by atoms with E-state index in [1.165, 1.54) is 12.1 Å². The van der Waals surface area contributed by atoms with E-state index in [9.17, 15) is 4.39 Å². The summed E-state index contributed by atoms with van der Waals surface area (Å²) in [7, 11) is 0. The van der Waals surface area contributed by atoms with Crippen molar-refractivity contribution in [3.8, 4) is 18.1 Å². The molecule has 117 valence electrons. The fourth-order valence-corrected chi connectivity index (χ4v) is 3.34. The Morgan fingerprint density at radius 2 is 1.96 bits per heavy atom. The SMILES string of the molecule is C#Cc1c(F)cc(OCc2[c]c(Cl)cc(Cl)c2C2CC2)cc1Cl. The third-order valence-corrected chi connectivity index (χ3v) is 4.45. The monoisotopic (exact) mass is 367 g/mol. The molecule has 2 aromatic rings. The first kappa shape index (κ1) is 16.5. The summed E-state index contributed by atoms with van der Waals surface area (Å²) in [6.45, 7) is 0.178. The van der Waals surface area contributed by atoms with Crippen LogP contribution in [0, 0.1) is 24.2 Å². The van der Waals surface area contributed by atoms with Gasteiger partial charge in [-0.15, -0.1) is 6.42 Å². The van der Waals surface area contributed by atoms with Gasteiger partial charge in [-0.2, -0.15) is 0 Å². The minimum Gasteiger partial charge on any atom is -0.489 e. The van der Waals surface area contributed by atoms with Gasteiger partial charge in [0.1, 0.15) is 18.2 Å². The molecule has 5 heteroatoms. The Morgan fingerprint density at radius 3 is 2.57 bits per heavy atom. The van der Waals surface area contributed by atoms with Crippen molar-refractivity contribution in [3.05, 3.63) is 61.8 Å². The van der Waals surface area contributed by atoms with E-state index in [1.54, 1.807) is 6.07 Å². The lowest BCUT2D eigenvalue weighted by atomic mass is 10.0. The molecule has 0 unspecified atom stereocenters. The molecule has 1 aliphatic carbocycles. The highest BCUT2D eigenvalue weighted by Crippen LogP contribution is 2.45. The number of terminal acetylenes is 1. The normalized spacial score (nSPS) is 13.7. The smallest absolute Gasteiger partial charge is 0.144 e. The van der Waals surface area contributed by atoms with Gasteiger partial charge in [-0.25, -0.2) is 4.39 Å². The minimum atomic E-state index is -0.592. The van der Waals surface area contributed by atoms with Crippen LogP contribution in [0.25, 0.3) is 0 Å². The zero-order valence-corrected chi connectivity index (χ0v) is 14.2. The van der Waals surface area contributed by atoms with Crippen molar-refractivity contribution in [3.63, 3.8) is 0 Å². The van der Waals surface area contributed by atoms with Crippen molar-refractivity contribution < 1.29 is 9.13 Å². The molecular formula is C18H11Cl3FO. The Kier molecular flexibility index (Phi) is 4.73. The van der Waals surface area contributed by atoms with Crippen LogP contribution in [0.3, 0.4) is 0 Å². The summed E-state index contributed by atoms with van der Waals surface area (Å²) in [6.07, 6.45) is 7.38. The van der Waals surface area contributed by atoms with E-state index < -0.39 is 5.82 Å². The van der Waals surface area contributed by atoms with Crippen LogP contribution >= 0.6 is 34.8 Å². The van der Waals surface area contributed by atoms with E-state index in [0.29, 0.717) is 16.0 Å². The molecule has 2 aromatic carbocycles. The zero-order chi connectivity index (χ0) is 16.6. The second-order valence-electron chi connectivity index (χ2n) is 5.33. The molecule has 3 rings (SSSR count). The third kappa shape index (κ3) is 3.58. The summed E-state index contributed by atoms with van der Waals surface area (Å²) in [5.41, 5.74) is 1.81. The Bertz CT molecular complexity index is 784. The molecule has 1 saturated carbocycles. The highest BCUT2D eigenvalue weighted by atomic mass is 35.5. The van der Waals surface area contributed by atoms with Gasteiger partial charge in [-0.3, -0.25) is 0 Å². The van der Waals surface area contributed by atoms with Gasteiger partial charge in [0.2, 0.25) is 0 Å². The first-order valence-electron chi connectivity index (χ1n) is 6.98. The predicted octanol–water partition coefficient (Wildman–Crippen LogP) is 6.02. The molecular weight excluding hydrogens is 358 g/mol. The molecule has 0 N–H and O–H groups in total. The van der Waals surface area contributed by atoms with Crippen molar-refractivity contribution in [1.29, 1.82) is 0 Å². The molecule has 23 heavy (non-hydrogen) atoms. The van der Waals surface area contributed by atoms with Crippen LogP contribution in [-0.4, -0.2) is 0 Å². The number of rotatable bonds is 4. The fourth-order valence-electron chi connectivity index (χ4n) is 2.43. The van der Waals surface area contributed by atoms with Gasteiger partial charge in [0.15, 0.2) is 0 Å². The third-order valence-electron chi connectivity index (χ3n) is 3.63. The first-order valence-corrected chi connectivity index (χ1v) is 8.11. The Hall–Kier alpha value is -1.40. The molecule has 1 fully saturated rings. The van der Waals surface area contributed by atoms with Crippen LogP contribution in [0.15, 0.2) is 18.2 Å². The Labute approximate surface area is 149 Å². The van der Waals surface area contributed by atoms with Gasteiger partial charge in [0.05, 0.1) is 15.6 Å². The van der Waals surface area contributed by atoms with Crippen LogP contribution in [0.4, 0.5) is 4.39 Å². The van der Waals surface area contributed by atoms with Crippen molar-refractivity contribution in [2.45, 2.75) is 25.4 Å². The van der Waals surface area contributed by atoms with Crippen LogP contribution in [0.5, 0.6) is 5.75 Å². The van der Waals surface area contributed by atoms with Crippen molar-refractivity contribution in [2.75, 3.05) is 0 Å². The summed E-state index contributed by atoms with van der Waals surface area (Å²) < 4.78 is 19.5. The van der Waals surface area contributed by atoms with Gasteiger partial charge in [-0.05, 0) is 30.4 Å². The van der Waals surface area contributed by atoms with Crippen molar-refractivity contribution in [2.24, 2.45) is 0 Å². The maximum absolute atomic E-state index is 13.8. The molecule has 0 saturated heterocycles. The summed E-state index contributed by atoms with van der Waals surface area (Å²) in [5.74, 6) is 2.32. The standard InChI is InChI=1S/C18H11Cl3FO/c1-2-14-15(20)7-13(8-17(14)22)23-9-11-5-12(19)6-16(21)18(11)10-3-4-10/h1,6-8,10H,3-4,9H2. The Balaban J connectivity index is 1.86. The maximum Gasteiger partial charge on any atom is 0.144 e. The van der Waals surface area contributed by atoms with Crippen LogP contribution in [-0.2, 0) is 6.61 Å². The van der Waals surface area contributed by atoms with Crippen molar-refractivity contribution >= 4 is 34.8 Å². The van der Waals surface area contributed by atoms with Gasteiger partial charge < -0.3 is 4.74 Å². The summed E-state index contributed by atoms with van der Waals surface area (Å²) in [6, 6.07) is 7.44. The van der Waals surface area contributed by atoms with E-state index in [2.05, 4.69) is 12.0 Å². The largest absolute Gasteiger partial charge is 0.489 e. The molecule has 0 bridgehead atoms. The maximum atomic E-state index is 13.8. The predicted molar refractivity (Wildman–Crippen MR) is 91.0 cm³/mol. The molecule has 0 aromatic heterocycles. The molecule has 0 amide bonds. The zero-order valence-electron chi connectivity index (χ0n) is 11.9. The quantitative estimate of drug-likeness (QED) is 0.599. The van der Waals surface area contributed by atoms with Crippen LogP contribution in [0.1, 0.15) is 35.4 Å². The number of hydrogen-bond acceptors (Lipinski definition) is 1. The number of ether oxygens (including phenoxy) is 1. The molecule has 0 atom stereocenters. The van der Waals surface area contributed by atoms with Crippen LogP contribution < -0.4 is 4.74 Å². The lowest BCUT2D eigenvalue weighted by molar-refractivity contribution is 0.303.